The van der Waals surface area contributed by atoms with Gasteiger partial charge >= 0.3 is 0 Å². The minimum atomic E-state index is -0.0231. The van der Waals surface area contributed by atoms with Gasteiger partial charge in [0.15, 0.2) is 0 Å². The topological polar surface area (TPSA) is 56.2 Å². The number of imidazole rings is 1. The van der Waals surface area contributed by atoms with Gasteiger partial charge in [-0.1, -0.05) is 18.2 Å². The second-order valence-corrected chi connectivity index (χ2v) is 5.64. The molecular formula is C17H21N3O2. The largest absolute Gasteiger partial charge is 0.493 e. The monoisotopic (exact) mass is 299 g/mol. The lowest BCUT2D eigenvalue weighted by Gasteiger charge is -2.13. The van der Waals surface area contributed by atoms with E-state index in [1.807, 2.05) is 42.1 Å². The number of hydrogen-bond acceptors (Lipinski definition) is 3. The molecule has 0 fully saturated rings. The number of benzene rings is 1. The SMILES string of the molecule is Cn1ccnc1CCNC(=O)C1CCOc2ccccc2C1. The Labute approximate surface area is 130 Å². The zero-order valence-electron chi connectivity index (χ0n) is 12.8. The molecule has 5 nitrogen and oxygen atoms in total. The number of para-hydroxylation sites is 1. The summed E-state index contributed by atoms with van der Waals surface area (Å²) in [6, 6.07) is 7.96. The Balaban J connectivity index is 1.55. The van der Waals surface area contributed by atoms with Crippen LogP contribution >= 0.6 is 0 Å². The minimum absolute atomic E-state index is 0.0231. The zero-order valence-corrected chi connectivity index (χ0v) is 12.8. The van der Waals surface area contributed by atoms with Crippen LogP contribution in [0.3, 0.4) is 0 Å². The summed E-state index contributed by atoms with van der Waals surface area (Å²) in [7, 11) is 1.96. The zero-order chi connectivity index (χ0) is 15.4. The minimum Gasteiger partial charge on any atom is -0.493 e. The Hall–Kier alpha value is -2.30. The van der Waals surface area contributed by atoms with Crippen LogP contribution in [0.4, 0.5) is 0 Å². The molecule has 3 rings (SSSR count). The number of aromatic nitrogens is 2. The smallest absolute Gasteiger partial charge is 0.223 e. The number of ether oxygens (including phenoxy) is 1. The molecule has 1 aromatic heterocycles. The molecule has 0 saturated heterocycles. The fourth-order valence-electron chi connectivity index (χ4n) is 2.79. The molecule has 0 bridgehead atoms. The van der Waals surface area contributed by atoms with E-state index in [-0.39, 0.29) is 11.8 Å². The Morgan fingerprint density at radius 1 is 1.45 bits per heavy atom. The highest BCUT2D eigenvalue weighted by Crippen LogP contribution is 2.26. The van der Waals surface area contributed by atoms with E-state index in [4.69, 9.17) is 4.74 Å². The van der Waals surface area contributed by atoms with Gasteiger partial charge in [0, 0.05) is 38.3 Å². The van der Waals surface area contributed by atoms with Crippen molar-refractivity contribution in [3.8, 4) is 5.75 Å². The molecule has 1 unspecified atom stereocenters. The first-order valence-electron chi connectivity index (χ1n) is 7.68. The van der Waals surface area contributed by atoms with Crippen LogP contribution in [0, 0.1) is 5.92 Å². The summed E-state index contributed by atoms with van der Waals surface area (Å²) in [5, 5.41) is 3.03. The van der Waals surface area contributed by atoms with E-state index < -0.39 is 0 Å². The fraction of sp³-hybridized carbons (Fsp3) is 0.412. The van der Waals surface area contributed by atoms with E-state index in [2.05, 4.69) is 10.3 Å². The van der Waals surface area contributed by atoms with Crippen LogP contribution in [-0.4, -0.2) is 28.6 Å². The third kappa shape index (κ3) is 3.30. The van der Waals surface area contributed by atoms with Crippen molar-refractivity contribution in [2.45, 2.75) is 19.3 Å². The highest BCUT2D eigenvalue weighted by molar-refractivity contribution is 5.79. The fourth-order valence-corrected chi connectivity index (χ4v) is 2.79. The van der Waals surface area contributed by atoms with Crippen LogP contribution in [0.25, 0.3) is 0 Å². The van der Waals surface area contributed by atoms with Crippen molar-refractivity contribution >= 4 is 5.91 Å². The van der Waals surface area contributed by atoms with Gasteiger partial charge in [0.2, 0.25) is 5.91 Å². The molecular weight excluding hydrogens is 278 g/mol. The van der Waals surface area contributed by atoms with Crippen LogP contribution < -0.4 is 10.1 Å². The summed E-state index contributed by atoms with van der Waals surface area (Å²) >= 11 is 0. The third-order valence-electron chi connectivity index (χ3n) is 4.10. The number of amides is 1. The Morgan fingerprint density at radius 3 is 3.14 bits per heavy atom. The molecule has 1 aliphatic rings. The highest BCUT2D eigenvalue weighted by atomic mass is 16.5. The maximum atomic E-state index is 12.4. The van der Waals surface area contributed by atoms with Crippen molar-refractivity contribution in [3.63, 3.8) is 0 Å². The van der Waals surface area contributed by atoms with E-state index >= 15 is 0 Å². The predicted molar refractivity (Wildman–Crippen MR) is 83.7 cm³/mol. The van der Waals surface area contributed by atoms with Gasteiger partial charge in [-0.15, -0.1) is 0 Å². The summed E-state index contributed by atoms with van der Waals surface area (Å²) in [5.41, 5.74) is 1.12. The lowest BCUT2D eigenvalue weighted by molar-refractivity contribution is -0.125. The quantitative estimate of drug-likeness (QED) is 0.935. The number of carbonyl (C=O) groups is 1. The summed E-state index contributed by atoms with van der Waals surface area (Å²) in [6.07, 6.45) is 5.93. The van der Waals surface area contributed by atoms with Crippen molar-refractivity contribution in [2.24, 2.45) is 13.0 Å². The molecule has 5 heteroatoms. The first kappa shape index (κ1) is 14.6. The molecule has 1 aromatic carbocycles. The maximum absolute atomic E-state index is 12.4. The van der Waals surface area contributed by atoms with E-state index in [9.17, 15) is 4.79 Å². The average molecular weight is 299 g/mol. The number of carbonyl (C=O) groups excluding carboxylic acids is 1. The lowest BCUT2D eigenvalue weighted by Crippen LogP contribution is -2.33. The maximum Gasteiger partial charge on any atom is 0.223 e. The highest BCUT2D eigenvalue weighted by Gasteiger charge is 2.23. The van der Waals surface area contributed by atoms with Crippen LogP contribution in [0.15, 0.2) is 36.7 Å². The van der Waals surface area contributed by atoms with Gasteiger partial charge in [0.05, 0.1) is 6.61 Å². The predicted octanol–water partition coefficient (Wildman–Crippen LogP) is 1.72. The molecule has 1 amide bonds. The van der Waals surface area contributed by atoms with Crippen LogP contribution in [0.2, 0.25) is 0 Å². The first-order chi connectivity index (χ1) is 10.7. The van der Waals surface area contributed by atoms with Crippen molar-refractivity contribution in [2.75, 3.05) is 13.2 Å². The summed E-state index contributed by atoms with van der Waals surface area (Å²) in [4.78, 5) is 16.6. The molecule has 2 heterocycles. The molecule has 1 N–H and O–H groups in total. The molecule has 0 aliphatic carbocycles. The van der Waals surface area contributed by atoms with E-state index in [1.54, 1.807) is 6.20 Å². The summed E-state index contributed by atoms with van der Waals surface area (Å²) in [6.45, 7) is 1.21. The lowest BCUT2D eigenvalue weighted by atomic mass is 9.96. The molecule has 2 aromatic rings. The average Bonchev–Trinajstić information content (AvgIpc) is 2.81. The van der Waals surface area contributed by atoms with Crippen molar-refractivity contribution in [1.29, 1.82) is 0 Å². The van der Waals surface area contributed by atoms with E-state index in [1.165, 1.54) is 0 Å². The number of nitrogens with zero attached hydrogens (tertiary/aromatic N) is 2. The second kappa shape index (κ2) is 6.64. The van der Waals surface area contributed by atoms with Crippen LogP contribution in [-0.2, 0) is 24.7 Å². The van der Waals surface area contributed by atoms with Gasteiger partial charge in [0.25, 0.3) is 0 Å². The molecule has 0 spiro atoms. The standard InChI is InChI=1S/C17H21N3O2/c1-20-10-9-18-16(20)6-8-19-17(21)14-7-11-22-15-5-3-2-4-13(15)12-14/h2-5,9-10,14H,6-8,11-12H2,1H3,(H,19,21). The normalized spacial score (nSPS) is 17.2. The van der Waals surface area contributed by atoms with Crippen LogP contribution in [0.1, 0.15) is 17.8 Å². The molecule has 0 radical (unpaired) electrons. The first-order valence-corrected chi connectivity index (χ1v) is 7.68. The van der Waals surface area contributed by atoms with E-state index in [0.717, 1.165) is 36.4 Å². The van der Waals surface area contributed by atoms with Gasteiger partial charge in [0.1, 0.15) is 11.6 Å². The Morgan fingerprint density at radius 2 is 2.32 bits per heavy atom. The van der Waals surface area contributed by atoms with Gasteiger partial charge in [-0.2, -0.15) is 0 Å². The van der Waals surface area contributed by atoms with Crippen molar-refractivity contribution < 1.29 is 9.53 Å². The number of hydrogen-bond donors (Lipinski definition) is 1. The molecule has 116 valence electrons. The number of nitrogens with one attached hydrogen (secondary N) is 1. The van der Waals surface area contributed by atoms with Gasteiger partial charge < -0.3 is 14.6 Å². The van der Waals surface area contributed by atoms with Gasteiger partial charge in [-0.05, 0) is 24.5 Å². The molecule has 22 heavy (non-hydrogen) atoms. The van der Waals surface area contributed by atoms with Gasteiger partial charge in [-0.3, -0.25) is 4.79 Å². The summed E-state index contributed by atoms with van der Waals surface area (Å²) in [5.74, 6) is 1.97. The number of aryl methyl sites for hydroxylation is 1. The number of fused-ring (bicyclic) bond motifs is 1. The Bertz CT molecular complexity index is 651. The van der Waals surface area contributed by atoms with E-state index in [0.29, 0.717) is 13.2 Å². The molecule has 1 aliphatic heterocycles. The molecule has 0 saturated carbocycles. The third-order valence-corrected chi connectivity index (χ3v) is 4.10. The summed E-state index contributed by atoms with van der Waals surface area (Å²) < 4.78 is 7.69. The number of rotatable bonds is 4. The van der Waals surface area contributed by atoms with Gasteiger partial charge in [-0.25, -0.2) is 4.98 Å². The molecule has 1 atom stereocenters. The Kier molecular flexibility index (Phi) is 4.42. The second-order valence-electron chi connectivity index (χ2n) is 5.64. The van der Waals surface area contributed by atoms with Crippen LogP contribution in [0.5, 0.6) is 5.75 Å². The van der Waals surface area contributed by atoms with Crippen molar-refractivity contribution in [3.05, 3.63) is 48.0 Å². The van der Waals surface area contributed by atoms with Crippen molar-refractivity contribution in [1.82, 2.24) is 14.9 Å².